The molecule has 11 heteroatoms. The summed E-state index contributed by atoms with van der Waals surface area (Å²) in [6.45, 7) is 0. The molecule has 0 bridgehead atoms. The molecule has 0 radical (unpaired) electrons. The van der Waals surface area contributed by atoms with Crippen molar-refractivity contribution in [3.63, 3.8) is 0 Å². The molecule has 0 amide bonds. The molecule has 110 valence electrons. The van der Waals surface area contributed by atoms with Crippen molar-refractivity contribution in [3.8, 4) is 5.75 Å². The van der Waals surface area contributed by atoms with E-state index in [9.17, 15) is 32.9 Å². The van der Waals surface area contributed by atoms with E-state index in [0.717, 1.165) is 7.11 Å². The van der Waals surface area contributed by atoms with Crippen LogP contribution in [-0.2, 0) is 16.0 Å². The Morgan fingerprint density at radius 2 is 2.10 bits per heavy atom. The fourth-order valence-electron chi connectivity index (χ4n) is 1.24. The van der Waals surface area contributed by atoms with Gasteiger partial charge in [-0.2, -0.15) is 4.98 Å². The maximum atomic E-state index is 12.1. The molecule has 0 aliphatic heterocycles. The molecule has 0 saturated carbocycles. The van der Waals surface area contributed by atoms with Crippen molar-refractivity contribution in [1.82, 2.24) is 4.98 Å². The number of carbonyl (C=O) groups is 1. The SMILES string of the molecule is COC(=O)Cc1cc(OC(F)(F)F)c([N+](=O)[O-])[nH]c1=O. The number of nitrogens with zero attached hydrogens (tertiary/aromatic N) is 1. The van der Waals surface area contributed by atoms with E-state index in [1.807, 2.05) is 0 Å². The van der Waals surface area contributed by atoms with Gasteiger partial charge in [-0.1, -0.05) is 0 Å². The lowest BCUT2D eigenvalue weighted by molar-refractivity contribution is -0.393. The number of nitro groups is 1. The van der Waals surface area contributed by atoms with Gasteiger partial charge in [0.1, 0.15) is 0 Å². The van der Waals surface area contributed by atoms with Gasteiger partial charge < -0.3 is 19.6 Å². The number of halogens is 3. The highest BCUT2D eigenvalue weighted by molar-refractivity contribution is 5.72. The van der Waals surface area contributed by atoms with Gasteiger partial charge in [-0.15, -0.1) is 13.2 Å². The lowest BCUT2D eigenvalue weighted by atomic mass is 10.2. The van der Waals surface area contributed by atoms with Crippen molar-refractivity contribution in [1.29, 1.82) is 0 Å². The molecule has 20 heavy (non-hydrogen) atoms. The summed E-state index contributed by atoms with van der Waals surface area (Å²) in [5.74, 6) is -3.38. The molecule has 1 heterocycles. The van der Waals surface area contributed by atoms with Crippen molar-refractivity contribution < 1.29 is 32.4 Å². The van der Waals surface area contributed by atoms with Crippen LogP contribution >= 0.6 is 0 Å². The first kappa shape index (κ1) is 15.5. The minimum Gasteiger partial charge on any atom is -0.469 e. The Labute approximate surface area is 108 Å². The predicted octanol–water partition coefficient (Wildman–Crippen LogP) is 0.897. The molecule has 0 saturated heterocycles. The second-order valence-corrected chi connectivity index (χ2v) is 3.39. The van der Waals surface area contributed by atoms with Gasteiger partial charge in [0, 0.05) is 6.07 Å². The van der Waals surface area contributed by atoms with E-state index in [1.54, 1.807) is 4.98 Å². The van der Waals surface area contributed by atoms with Crippen LogP contribution < -0.4 is 10.3 Å². The summed E-state index contributed by atoms with van der Waals surface area (Å²) < 4.78 is 44.0. The van der Waals surface area contributed by atoms with Gasteiger partial charge in [-0.3, -0.25) is 4.79 Å². The van der Waals surface area contributed by atoms with Crippen LogP contribution in [0.25, 0.3) is 0 Å². The molecule has 1 N–H and O–H groups in total. The van der Waals surface area contributed by atoms with Crippen LogP contribution in [0.4, 0.5) is 19.0 Å². The number of hydrogen-bond acceptors (Lipinski definition) is 6. The van der Waals surface area contributed by atoms with Crippen LogP contribution in [0.15, 0.2) is 10.9 Å². The topological polar surface area (TPSA) is 112 Å². The van der Waals surface area contributed by atoms with Crippen molar-refractivity contribution in [2.45, 2.75) is 12.8 Å². The van der Waals surface area contributed by atoms with Gasteiger partial charge in [0.2, 0.25) is 5.75 Å². The molecule has 1 aromatic heterocycles. The highest BCUT2D eigenvalue weighted by atomic mass is 19.4. The largest absolute Gasteiger partial charge is 0.573 e. The Balaban J connectivity index is 3.31. The van der Waals surface area contributed by atoms with Gasteiger partial charge in [0.05, 0.1) is 19.1 Å². The molecule has 0 atom stereocenters. The van der Waals surface area contributed by atoms with Crippen molar-refractivity contribution in [2.24, 2.45) is 0 Å². The summed E-state index contributed by atoms with van der Waals surface area (Å²) in [5, 5.41) is 10.5. The Kier molecular flexibility index (Phi) is 4.32. The van der Waals surface area contributed by atoms with Crippen LogP contribution in [0.5, 0.6) is 5.75 Å². The van der Waals surface area contributed by atoms with E-state index in [1.165, 1.54) is 0 Å². The second kappa shape index (κ2) is 5.59. The lowest BCUT2D eigenvalue weighted by Crippen LogP contribution is -2.22. The first-order valence-corrected chi connectivity index (χ1v) is 4.87. The average Bonchev–Trinajstić information content (AvgIpc) is 2.30. The molecule has 1 aromatic rings. The number of ether oxygens (including phenoxy) is 2. The quantitative estimate of drug-likeness (QED) is 0.502. The summed E-state index contributed by atoms with van der Waals surface area (Å²) >= 11 is 0. The van der Waals surface area contributed by atoms with Gasteiger partial charge in [0.25, 0.3) is 0 Å². The third-order valence-corrected chi connectivity index (χ3v) is 2.03. The molecule has 0 aromatic carbocycles. The van der Waals surface area contributed by atoms with Crippen molar-refractivity contribution >= 4 is 11.8 Å². The number of aromatic amines is 1. The second-order valence-electron chi connectivity index (χ2n) is 3.39. The number of nitrogens with one attached hydrogen (secondary N) is 1. The summed E-state index contributed by atoms with van der Waals surface area (Å²) in [7, 11) is 1.01. The standard InChI is InChI=1S/C9H7F3N2O6/c1-19-6(15)3-4-2-5(20-9(10,11)12)7(14(17)18)13-8(4)16/h2H,3H2,1H3,(H,13,16). The fraction of sp³-hybridized carbons (Fsp3) is 0.333. The average molecular weight is 296 g/mol. The Morgan fingerprint density at radius 1 is 1.50 bits per heavy atom. The minimum absolute atomic E-state index is 0.457. The number of hydrogen-bond donors (Lipinski definition) is 1. The highest BCUT2D eigenvalue weighted by Gasteiger charge is 2.35. The molecule has 0 unspecified atom stereocenters. The maximum absolute atomic E-state index is 12.1. The summed E-state index contributed by atoms with van der Waals surface area (Å²) in [4.78, 5) is 33.3. The number of rotatable bonds is 4. The lowest BCUT2D eigenvalue weighted by Gasteiger charge is -2.10. The number of alkyl halides is 3. The molecular formula is C9H7F3N2O6. The molecule has 0 fully saturated rings. The van der Waals surface area contributed by atoms with E-state index >= 15 is 0 Å². The number of carbonyl (C=O) groups excluding carboxylic acids is 1. The summed E-state index contributed by atoms with van der Waals surface area (Å²) in [6, 6.07) is 0.474. The van der Waals surface area contributed by atoms with Gasteiger partial charge in [0.15, 0.2) is 0 Å². The van der Waals surface area contributed by atoms with E-state index in [4.69, 9.17) is 0 Å². The van der Waals surface area contributed by atoms with E-state index in [2.05, 4.69) is 9.47 Å². The Bertz CT molecular complexity index is 594. The molecule has 0 spiro atoms. The number of esters is 1. The third-order valence-electron chi connectivity index (χ3n) is 2.03. The Morgan fingerprint density at radius 3 is 2.55 bits per heavy atom. The van der Waals surface area contributed by atoms with E-state index in [-0.39, 0.29) is 0 Å². The normalized spacial score (nSPS) is 11.0. The molecule has 8 nitrogen and oxygen atoms in total. The van der Waals surface area contributed by atoms with Crippen LogP contribution in [-0.4, -0.2) is 29.3 Å². The first-order valence-electron chi connectivity index (χ1n) is 4.87. The maximum Gasteiger partial charge on any atom is 0.573 e. The van der Waals surface area contributed by atoms with Crippen molar-refractivity contribution in [3.05, 3.63) is 32.1 Å². The van der Waals surface area contributed by atoms with Crippen molar-refractivity contribution in [2.75, 3.05) is 7.11 Å². The predicted molar refractivity (Wildman–Crippen MR) is 56.1 cm³/mol. The molecule has 1 rings (SSSR count). The van der Waals surface area contributed by atoms with Crippen LogP contribution in [0.2, 0.25) is 0 Å². The molecule has 0 aliphatic rings. The third kappa shape index (κ3) is 3.96. The van der Waals surface area contributed by atoms with Gasteiger partial charge in [-0.05, 0) is 4.92 Å². The monoisotopic (exact) mass is 296 g/mol. The zero-order valence-electron chi connectivity index (χ0n) is 9.82. The van der Waals surface area contributed by atoms with Crippen LogP contribution in [0.3, 0.4) is 0 Å². The summed E-state index contributed by atoms with van der Waals surface area (Å²) in [6.07, 6.45) is -5.84. The van der Waals surface area contributed by atoms with Gasteiger partial charge >= 0.3 is 23.7 Å². The molecular weight excluding hydrogens is 289 g/mol. The highest BCUT2D eigenvalue weighted by Crippen LogP contribution is 2.29. The first-order chi connectivity index (χ1) is 9.14. The summed E-state index contributed by atoms with van der Waals surface area (Å²) in [5.41, 5.74) is -1.54. The van der Waals surface area contributed by atoms with E-state index < -0.39 is 46.4 Å². The van der Waals surface area contributed by atoms with Crippen LogP contribution in [0, 0.1) is 10.1 Å². The smallest absolute Gasteiger partial charge is 0.469 e. The van der Waals surface area contributed by atoms with Crippen LogP contribution in [0.1, 0.15) is 5.56 Å². The zero-order chi connectivity index (χ0) is 15.5. The van der Waals surface area contributed by atoms with E-state index in [0.29, 0.717) is 6.07 Å². The fourth-order valence-corrected chi connectivity index (χ4v) is 1.24. The van der Waals surface area contributed by atoms with Gasteiger partial charge in [-0.25, -0.2) is 4.79 Å². The minimum atomic E-state index is -5.19. The zero-order valence-corrected chi connectivity index (χ0v) is 9.82. The molecule has 0 aliphatic carbocycles. The number of pyridine rings is 1. The number of aromatic nitrogens is 1. The number of H-pyrrole nitrogens is 1. The number of methoxy groups -OCH3 is 1. The Hall–Kier alpha value is -2.59.